The number of ether oxygens (including phenoxy) is 1. The van der Waals surface area contributed by atoms with Crippen molar-refractivity contribution in [2.45, 2.75) is 24.9 Å². The Hall–Kier alpha value is -0.0900. The minimum absolute atomic E-state index is 0.623. The Morgan fingerprint density at radius 3 is 2.75 bits per heavy atom. The van der Waals surface area contributed by atoms with E-state index in [1.807, 2.05) is 18.2 Å². The minimum Gasteiger partial charge on any atom is -0.389 e. The van der Waals surface area contributed by atoms with Crippen molar-refractivity contribution in [3.63, 3.8) is 0 Å². The molecule has 88 valence electrons. The van der Waals surface area contributed by atoms with Gasteiger partial charge in [0.25, 0.3) is 0 Å². The zero-order valence-corrected chi connectivity index (χ0v) is 11.2. The molecule has 16 heavy (non-hydrogen) atoms. The molecule has 0 unspecified atom stereocenters. The van der Waals surface area contributed by atoms with Crippen LogP contribution in [-0.4, -0.2) is 23.9 Å². The average molecular weight is 306 g/mol. The third-order valence-electron chi connectivity index (χ3n) is 2.97. The van der Waals surface area contributed by atoms with Crippen LogP contribution in [-0.2, 0) is 11.2 Å². The number of hydrogen-bond acceptors (Lipinski definition) is 2. The number of aliphatic hydroxyl groups is 1. The van der Waals surface area contributed by atoms with Crippen molar-refractivity contribution in [2.75, 3.05) is 13.2 Å². The van der Waals surface area contributed by atoms with Crippen LogP contribution in [0.2, 0.25) is 5.02 Å². The molecule has 1 aliphatic rings. The first-order valence-corrected chi connectivity index (χ1v) is 6.51. The zero-order chi connectivity index (χ0) is 11.6. The van der Waals surface area contributed by atoms with E-state index in [1.165, 1.54) is 0 Å². The van der Waals surface area contributed by atoms with Crippen LogP contribution in [0.4, 0.5) is 0 Å². The lowest BCUT2D eigenvalue weighted by atomic mass is 9.87. The Morgan fingerprint density at radius 1 is 1.38 bits per heavy atom. The first-order chi connectivity index (χ1) is 7.61. The lowest BCUT2D eigenvalue weighted by Gasteiger charge is -2.32. The predicted molar refractivity (Wildman–Crippen MR) is 67.9 cm³/mol. The summed E-state index contributed by atoms with van der Waals surface area (Å²) in [6.45, 7) is 1.27. The maximum Gasteiger partial charge on any atom is 0.0732 e. The summed E-state index contributed by atoms with van der Waals surface area (Å²) < 4.78 is 6.14. The van der Waals surface area contributed by atoms with Crippen LogP contribution in [0.1, 0.15) is 18.4 Å². The van der Waals surface area contributed by atoms with Crippen molar-refractivity contribution in [2.24, 2.45) is 0 Å². The van der Waals surface area contributed by atoms with Gasteiger partial charge in [0.15, 0.2) is 0 Å². The molecule has 0 bridgehead atoms. The molecular formula is C12H14BrClO2. The van der Waals surface area contributed by atoms with Gasteiger partial charge in [0, 0.05) is 24.1 Å². The first kappa shape index (κ1) is 12.4. The Balaban J connectivity index is 2.16. The van der Waals surface area contributed by atoms with Gasteiger partial charge < -0.3 is 9.84 Å². The van der Waals surface area contributed by atoms with Gasteiger partial charge in [0.1, 0.15) is 0 Å². The molecule has 1 aromatic rings. The average Bonchev–Trinajstić information content (AvgIpc) is 2.26. The molecule has 0 radical (unpaired) electrons. The molecule has 4 heteroatoms. The molecule has 0 amide bonds. The second-order valence-electron chi connectivity index (χ2n) is 4.23. The van der Waals surface area contributed by atoms with Crippen molar-refractivity contribution in [1.82, 2.24) is 0 Å². The standard InChI is InChI=1S/C12H14BrClO2/c13-11-9(2-1-3-10(11)14)8-12(15)4-6-16-7-5-12/h1-3,15H,4-8H2. The number of halogens is 2. The largest absolute Gasteiger partial charge is 0.389 e. The summed E-state index contributed by atoms with van der Waals surface area (Å²) >= 11 is 9.48. The maximum atomic E-state index is 10.4. The highest BCUT2D eigenvalue weighted by atomic mass is 79.9. The second-order valence-corrected chi connectivity index (χ2v) is 5.43. The van der Waals surface area contributed by atoms with Crippen LogP contribution < -0.4 is 0 Å². The summed E-state index contributed by atoms with van der Waals surface area (Å²) in [5.74, 6) is 0. The van der Waals surface area contributed by atoms with E-state index in [-0.39, 0.29) is 0 Å². The first-order valence-electron chi connectivity index (χ1n) is 5.34. The number of benzene rings is 1. The molecule has 1 aromatic carbocycles. The molecule has 1 aliphatic heterocycles. The number of rotatable bonds is 2. The predicted octanol–water partition coefficient (Wildman–Crippen LogP) is 3.19. The summed E-state index contributed by atoms with van der Waals surface area (Å²) in [5.41, 5.74) is 0.405. The third-order valence-corrected chi connectivity index (χ3v) is 4.45. The van der Waals surface area contributed by atoms with E-state index in [2.05, 4.69) is 15.9 Å². The van der Waals surface area contributed by atoms with Crippen molar-refractivity contribution in [3.05, 3.63) is 33.3 Å². The van der Waals surface area contributed by atoms with Gasteiger partial charge in [-0.2, -0.15) is 0 Å². The highest BCUT2D eigenvalue weighted by Gasteiger charge is 2.30. The van der Waals surface area contributed by atoms with Gasteiger partial charge in [0.2, 0.25) is 0 Å². The SMILES string of the molecule is OC1(Cc2cccc(Cl)c2Br)CCOCC1. The summed E-state index contributed by atoms with van der Waals surface area (Å²) in [7, 11) is 0. The van der Waals surface area contributed by atoms with Crippen LogP contribution in [0.15, 0.2) is 22.7 Å². The second kappa shape index (κ2) is 5.05. The van der Waals surface area contributed by atoms with Gasteiger partial charge in [-0.3, -0.25) is 0 Å². The Kier molecular flexibility index (Phi) is 3.90. The lowest BCUT2D eigenvalue weighted by molar-refractivity contribution is -0.0626. The monoisotopic (exact) mass is 304 g/mol. The van der Waals surface area contributed by atoms with E-state index in [9.17, 15) is 5.11 Å². The maximum absolute atomic E-state index is 10.4. The highest BCUT2D eigenvalue weighted by Crippen LogP contribution is 2.32. The van der Waals surface area contributed by atoms with Crippen LogP contribution in [0.25, 0.3) is 0 Å². The molecule has 1 N–H and O–H groups in total. The quantitative estimate of drug-likeness (QED) is 0.909. The molecule has 2 rings (SSSR count). The highest BCUT2D eigenvalue weighted by molar-refractivity contribution is 9.10. The normalized spacial score (nSPS) is 19.7. The summed E-state index contributed by atoms with van der Waals surface area (Å²) in [6, 6.07) is 5.73. The fourth-order valence-corrected chi connectivity index (χ4v) is 2.57. The molecule has 0 aliphatic carbocycles. The summed E-state index contributed by atoms with van der Waals surface area (Å²) in [5, 5.41) is 11.1. The van der Waals surface area contributed by atoms with Gasteiger partial charge in [-0.1, -0.05) is 23.7 Å². The Bertz CT molecular complexity index is 375. The van der Waals surface area contributed by atoms with Crippen molar-refractivity contribution in [1.29, 1.82) is 0 Å². The van der Waals surface area contributed by atoms with E-state index >= 15 is 0 Å². The lowest BCUT2D eigenvalue weighted by Crippen LogP contribution is -2.38. The van der Waals surface area contributed by atoms with Crippen molar-refractivity contribution < 1.29 is 9.84 Å². The van der Waals surface area contributed by atoms with Gasteiger partial charge in [0.05, 0.1) is 10.6 Å². The molecule has 1 saturated heterocycles. The minimum atomic E-state index is -0.647. The topological polar surface area (TPSA) is 29.5 Å². The third kappa shape index (κ3) is 2.77. The van der Waals surface area contributed by atoms with Crippen LogP contribution in [0.5, 0.6) is 0 Å². The van der Waals surface area contributed by atoms with Gasteiger partial charge in [-0.25, -0.2) is 0 Å². The molecule has 1 fully saturated rings. The van der Waals surface area contributed by atoms with E-state index in [4.69, 9.17) is 16.3 Å². The van der Waals surface area contributed by atoms with Gasteiger partial charge in [-0.15, -0.1) is 0 Å². The molecule has 0 spiro atoms. The van der Waals surface area contributed by atoms with E-state index in [1.54, 1.807) is 0 Å². The Labute approximate surface area is 109 Å². The molecule has 0 atom stereocenters. The molecule has 0 aromatic heterocycles. The smallest absolute Gasteiger partial charge is 0.0732 e. The van der Waals surface area contributed by atoms with Crippen molar-refractivity contribution in [3.8, 4) is 0 Å². The van der Waals surface area contributed by atoms with E-state index in [0.29, 0.717) is 37.5 Å². The van der Waals surface area contributed by atoms with Crippen LogP contribution in [0, 0.1) is 0 Å². The molecule has 0 saturated carbocycles. The summed E-state index contributed by atoms with van der Waals surface area (Å²) in [4.78, 5) is 0. The van der Waals surface area contributed by atoms with Crippen LogP contribution >= 0.6 is 27.5 Å². The van der Waals surface area contributed by atoms with Crippen LogP contribution in [0.3, 0.4) is 0 Å². The molecule has 1 heterocycles. The molecule has 2 nitrogen and oxygen atoms in total. The van der Waals surface area contributed by atoms with E-state index in [0.717, 1.165) is 10.0 Å². The number of hydrogen-bond donors (Lipinski definition) is 1. The summed E-state index contributed by atoms with van der Waals surface area (Å²) in [6.07, 6.45) is 2.00. The fourth-order valence-electron chi connectivity index (χ4n) is 1.97. The van der Waals surface area contributed by atoms with E-state index < -0.39 is 5.60 Å². The van der Waals surface area contributed by atoms with Gasteiger partial charge in [-0.05, 0) is 40.4 Å². The molecular weight excluding hydrogens is 291 g/mol. The van der Waals surface area contributed by atoms with Crippen molar-refractivity contribution >= 4 is 27.5 Å². The fraction of sp³-hybridized carbons (Fsp3) is 0.500. The zero-order valence-electron chi connectivity index (χ0n) is 8.88. The van der Waals surface area contributed by atoms with Gasteiger partial charge >= 0.3 is 0 Å². The Morgan fingerprint density at radius 2 is 2.06 bits per heavy atom.